The number of aromatic nitrogens is 1. The molecule has 9 heteroatoms. The van der Waals surface area contributed by atoms with Crippen molar-refractivity contribution >= 4 is 30.7 Å². The SMILES string of the molecule is CC(N)C1CCCCN1C(=O)c1ccc(C(F)(F)F)cn1.Cl.Cl. The van der Waals surface area contributed by atoms with Crippen LogP contribution in [0.2, 0.25) is 0 Å². The average Bonchev–Trinajstić information content (AvgIpc) is 2.45. The van der Waals surface area contributed by atoms with Crippen LogP contribution in [0.4, 0.5) is 13.2 Å². The van der Waals surface area contributed by atoms with Crippen LogP contribution in [0.15, 0.2) is 18.3 Å². The van der Waals surface area contributed by atoms with Crippen LogP contribution in [0, 0.1) is 0 Å². The largest absolute Gasteiger partial charge is 0.417 e. The Morgan fingerprint density at radius 1 is 1.35 bits per heavy atom. The fraction of sp³-hybridized carbons (Fsp3) is 0.571. The van der Waals surface area contributed by atoms with Gasteiger partial charge in [0.25, 0.3) is 5.91 Å². The summed E-state index contributed by atoms with van der Waals surface area (Å²) < 4.78 is 37.5. The molecule has 0 saturated carbocycles. The van der Waals surface area contributed by atoms with Crippen molar-refractivity contribution < 1.29 is 18.0 Å². The third kappa shape index (κ3) is 5.22. The number of halogens is 5. The van der Waals surface area contributed by atoms with Gasteiger partial charge in [-0.15, -0.1) is 24.8 Å². The van der Waals surface area contributed by atoms with Crippen molar-refractivity contribution in [2.24, 2.45) is 5.73 Å². The summed E-state index contributed by atoms with van der Waals surface area (Å²) in [4.78, 5) is 17.7. The Labute approximate surface area is 145 Å². The highest BCUT2D eigenvalue weighted by atomic mass is 35.5. The lowest BCUT2D eigenvalue weighted by Crippen LogP contribution is -2.51. The van der Waals surface area contributed by atoms with Crippen LogP contribution >= 0.6 is 24.8 Å². The highest BCUT2D eigenvalue weighted by molar-refractivity contribution is 5.92. The highest BCUT2D eigenvalue weighted by Crippen LogP contribution is 2.28. The summed E-state index contributed by atoms with van der Waals surface area (Å²) in [5.41, 5.74) is 5.06. The summed E-state index contributed by atoms with van der Waals surface area (Å²) in [6.45, 7) is 2.39. The zero-order chi connectivity index (χ0) is 15.6. The maximum atomic E-state index is 12.5. The van der Waals surface area contributed by atoms with E-state index in [0.29, 0.717) is 12.7 Å². The number of likely N-dealkylation sites (tertiary alicyclic amines) is 1. The second-order valence-electron chi connectivity index (χ2n) is 5.35. The second kappa shape index (κ2) is 8.70. The van der Waals surface area contributed by atoms with E-state index in [4.69, 9.17) is 5.73 Å². The van der Waals surface area contributed by atoms with Crippen molar-refractivity contribution in [1.82, 2.24) is 9.88 Å². The first kappa shape index (κ1) is 21.9. The Morgan fingerprint density at radius 2 is 2.00 bits per heavy atom. The molecule has 1 aliphatic rings. The number of rotatable bonds is 2. The molecule has 0 aliphatic carbocycles. The fourth-order valence-electron chi connectivity index (χ4n) is 2.59. The molecule has 1 saturated heterocycles. The van der Waals surface area contributed by atoms with Crippen LogP contribution < -0.4 is 5.73 Å². The van der Waals surface area contributed by atoms with E-state index in [1.807, 2.05) is 6.92 Å². The zero-order valence-corrected chi connectivity index (χ0v) is 14.2. The van der Waals surface area contributed by atoms with Crippen molar-refractivity contribution in [3.8, 4) is 0 Å². The average molecular weight is 374 g/mol. The Kier molecular flexibility index (Phi) is 8.31. The Bertz CT molecular complexity index is 509. The molecular formula is C14H20Cl2F3N3O. The van der Waals surface area contributed by atoms with Crippen molar-refractivity contribution in [2.75, 3.05) is 6.54 Å². The molecule has 2 heterocycles. The molecular weight excluding hydrogens is 354 g/mol. The molecule has 1 aliphatic heterocycles. The molecule has 23 heavy (non-hydrogen) atoms. The van der Waals surface area contributed by atoms with E-state index in [9.17, 15) is 18.0 Å². The molecule has 1 amide bonds. The van der Waals surface area contributed by atoms with E-state index < -0.39 is 11.7 Å². The van der Waals surface area contributed by atoms with Crippen LogP contribution in [0.5, 0.6) is 0 Å². The standard InChI is InChI=1S/C14H18F3N3O.2ClH/c1-9(18)12-4-2-3-7-20(12)13(21)11-6-5-10(8-19-11)14(15,16)17;;/h5-6,8-9,12H,2-4,7,18H2,1H3;2*1H. The van der Waals surface area contributed by atoms with E-state index in [2.05, 4.69) is 4.98 Å². The van der Waals surface area contributed by atoms with Crippen molar-refractivity contribution in [3.63, 3.8) is 0 Å². The lowest BCUT2D eigenvalue weighted by atomic mass is 9.96. The fourth-order valence-corrected chi connectivity index (χ4v) is 2.59. The first-order chi connectivity index (χ1) is 9.80. The van der Waals surface area contributed by atoms with Gasteiger partial charge in [-0.2, -0.15) is 13.2 Å². The van der Waals surface area contributed by atoms with Gasteiger partial charge in [-0.25, -0.2) is 0 Å². The number of amides is 1. The van der Waals surface area contributed by atoms with Crippen molar-refractivity contribution in [1.29, 1.82) is 0 Å². The molecule has 2 atom stereocenters. The van der Waals surface area contributed by atoms with Crippen LogP contribution in [0.1, 0.15) is 42.2 Å². The Balaban J connectivity index is 0.00000242. The van der Waals surface area contributed by atoms with Gasteiger partial charge >= 0.3 is 6.18 Å². The molecule has 1 fully saturated rings. The van der Waals surface area contributed by atoms with Crippen LogP contribution in [-0.4, -0.2) is 34.4 Å². The van der Waals surface area contributed by atoms with Gasteiger partial charge in [-0.1, -0.05) is 0 Å². The molecule has 132 valence electrons. The minimum Gasteiger partial charge on any atom is -0.333 e. The maximum absolute atomic E-state index is 12.5. The summed E-state index contributed by atoms with van der Waals surface area (Å²) in [7, 11) is 0. The first-order valence-corrected chi connectivity index (χ1v) is 6.90. The second-order valence-corrected chi connectivity index (χ2v) is 5.35. The molecule has 0 bridgehead atoms. The van der Waals surface area contributed by atoms with E-state index >= 15 is 0 Å². The van der Waals surface area contributed by atoms with Gasteiger partial charge in [0.1, 0.15) is 5.69 Å². The van der Waals surface area contributed by atoms with Crippen LogP contribution in [-0.2, 0) is 6.18 Å². The number of piperidine rings is 1. The summed E-state index contributed by atoms with van der Waals surface area (Å²) in [6.07, 6.45) is -1.08. The van der Waals surface area contributed by atoms with Crippen LogP contribution in [0.3, 0.4) is 0 Å². The molecule has 2 unspecified atom stereocenters. The quantitative estimate of drug-likeness (QED) is 0.864. The van der Waals surface area contributed by atoms with Gasteiger partial charge in [0.15, 0.2) is 0 Å². The highest BCUT2D eigenvalue weighted by Gasteiger charge is 2.33. The summed E-state index contributed by atoms with van der Waals surface area (Å²) >= 11 is 0. The molecule has 0 aromatic carbocycles. The number of carbonyl (C=O) groups is 1. The molecule has 2 N–H and O–H groups in total. The smallest absolute Gasteiger partial charge is 0.333 e. The summed E-state index contributed by atoms with van der Waals surface area (Å²) in [5, 5.41) is 0. The lowest BCUT2D eigenvalue weighted by Gasteiger charge is -2.37. The molecule has 1 aromatic rings. The van der Waals surface area contributed by atoms with Gasteiger partial charge in [0.2, 0.25) is 0 Å². The maximum Gasteiger partial charge on any atom is 0.417 e. The van der Waals surface area contributed by atoms with Gasteiger partial charge in [0.05, 0.1) is 5.56 Å². The molecule has 4 nitrogen and oxygen atoms in total. The van der Waals surface area contributed by atoms with Gasteiger partial charge in [0, 0.05) is 24.8 Å². The predicted octanol–water partition coefficient (Wildman–Crippen LogP) is 3.29. The normalized spacial score (nSPS) is 19.3. The number of pyridine rings is 1. The number of hydrogen-bond acceptors (Lipinski definition) is 3. The molecule has 2 rings (SSSR count). The van der Waals surface area contributed by atoms with Gasteiger partial charge in [-0.3, -0.25) is 9.78 Å². The molecule has 1 aromatic heterocycles. The predicted molar refractivity (Wildman–Crippen MR) is 86.1 cm³/mol. The number of nitrogens with two attached hydrogens (primary N) is 1. The number of nitrogens with zero attached hydrogens (tertiary/aromatic N) is 2. The zero-order valence-electron chi connectivity index (χ0n) is 12.5. The number of hydrogen-bond donors (Lipinski definition) is 1. The first-order valence-electron chi connectivity index (χ1n) is 6.90. The van der Waals surface area contributed by atoms with Gasteiger partial charge < -0.3 is 10.6 Å². The lowest BCUT2D eigenvalue weighted by molar-refractivity contribution is -0.137. The van der Waals surface area contributed by atoms with Gasteiger partial charge in [-0.05, 0) is 38.3 Å². The molecule has 0 radical (unpaired) electrons. The minimum atomic E-state index is -4.45. The minimum absolute atomic E-state index is 0. The van der Waals surface area contributed by atoms with Crippen LogP contribution in [0.25, 0.3) is 0 Å². The Morgan fingerprint density at radius 3 is 2.48 bits per heavy atom. The van der Waals surface area contributed by atoms with Crippen molar-refractivity contribution in [2.45, 2.75) is 44.4 Å². The third-order valence-corrected chi connectivity index (χ3v) is 3.73. The van der Waals surface area contributed by atoms with E-state index in [0.717, 1.165) is 31.4 Å². The van der Waals surface area contributed by atoms with E-state index in [1.54, 1.807) is 4.90 Å². The van der Waals surface area contributed by atoms with Crippen molar-refractivity contribution in [3.05, 3.63) is 29.6 Å². The number of carbonyl (C=O) groups excluding carboxylic acids is 1. The topological polar surface area (TPSA) is 59.2 Å². The summed E-state index contributed by atoms with van der Waals surface area (Å²) in [5.74, 6) is -0.356. The summed E-state index contributed by atoms with van der Waals surface area (Å²) in [6, 6.07) is 1.74. The third-order valence-electron chi connectivity index (χ3n) is 3.73. The molecule has 0 spiro atoms. The Hall–Kier alpha value is -1.05. The van der Waals surface area contributed by atoms with E-state index in [1.165, 1.54) is 0 Å². The monoisotopic (exact) mass is 373 g/mol. The van der Waals surface area contributed by atoms with E-state index in [-0.39, 0.29) is 48.5 Å². The number of alkyl halides is 3.